The van der Waals surface area contributed by atoms with Gasteiger partial charge >= 0.3 is 0 Å². The Hall–Kier alpha value is -1.26. The first-order valence-electron chi connectivity index (χ1n) is 6.82. The van der Waals surface area contributed by atoms with Gasteiger partial charge in [0.1, 0.15) is 43.3 Å². The summed E-state index contributed by atoms with van der Waals surface area (Å²) in [6.07, 6.45) is 0.630. The quantitative estimate of drug-likeness (QED) is 0.878. The number of methoxy groups -OCH3 is 2. The Labute approximate surface area is 115 Å². The molecule has 0 saturated carbocycles. The first-order valence-corrected chi connectivity index (χ1v) is 6.82. The fourth-order valence-corrected chi connectivity index (χ4v) is 2.82. The second-order valence-electron chi connectivity index (χ2n) is 5.27. The number of benzene rings is 1. The van der Waals surface area contributed by atoms with E-state index in [9.17, 15) is 0 Å². The van der Waals surface area contributed by atoms with E-state index in [1.165, 1.54) is 10.5 Å². The monoisotopic (exact) mass is 266 g/mol. The molecule has 2 atom stereocenters. The van der Waals surface area contributed by atoms with Crippen molar-refractivity contribution in [2.45, 2.75) is 32.6 Å². The maximum Gasteiger partial charge on any atom is 0.127 e. The zero-order valence-electron chi connectivity index (χ0n) is 12.2. The largest absolute Gasteiger partial charge is 0.497 e. The zero-order chi connectivity index (χ0) is 13.8. The number of nitrogens with one attached hydrogen (secondary N) is 1. The van der Waals surface area contributed by atoms with Crippen LogP contribution >= 0.6 is 0 Å². The van der Waals surface area contributed by atoms with Gasteiger partial charge in [0.05, 0.1) is 19.8 Å². The number of morpholine rings is 1. The van der Waals surface area contributed by atoms with Crippen LogP contribution in [0, 0.1) is 0 Å². The molecule has 19 heavy (non-hydrogen) atoms. The molecule has 0 amide bonds. The summed E-state index contributed by atoms with van der Waals surface area (Å²) in [5.41, 5.74) is 1.19. The van der Waals surface area contributed by atoms with E-state index in [1.54, 1.807) is 14.2 Å². The van der Waals surface area contributed by atoms with Gasteiger partial charge in [-0.3, -0.25) is 0 Å². The lowest BCUT2D eigenvalue weighted by Gasteiger charge is -2.32. The lowest BCUT2D eigenvalue weighted by Crippen LogP contribution is -3.14. The van der Waals surface area contributed by atoms with Crippen LogP contribution in [0.2, 0.25) is 0 Å². The van der Waals surface area contributed by atoms with Crippen LogP contribution in [0.1, 0.15) is 19.4 Å². The van der Waals surface area contributed by atoms with Gasteiger partial charge in [-0.05, 0) is 32.0 Å². The zero-order valence-corrected chi connectivity index (χ0v) is 12.2. The van der Waals surface area contributed by atoms with Crippen LogP contribution in [0.25, 0.3) is 0 Å². The third kappa shape index (κ3) is 3.61. The maximum absolute atomic E-state index is 5.78. The van der Waals surface area contributed by atoms with Crippen LogP contribution in [0.4, 0.5) is 0 Å². The summed E-state index contributed by atoms with van der Waals surface area (Å²) < 4.78 is 16.5. The van der Waals surface area contributed by atoms with E-state index in [0.717, 1.165) is 31.1 Å². The molecule has 4 nitrogen and oxygen atoms in total. The molecular weight excluding hydrogens is 242 g/mol. The van der Waals surface area contributed by atoms with Crippen molar-refractivity contribution in [3.05, 3.63) is 23.8 Å². The Morgan fingerprint density at radius 1 is 1.16 bits per heavy atom. The van der Waals surface area contributed by atoms with Crippen molar-refractivity contribution in [1.29, 1.82) is 0 Å². The molecule has 1 aromatic carbocycles. The Bertz CT molecular complexity index is 412. The van der Waals surface area contributed by atoms with Crippen molar-refractivity contribution in [1.82, 2.24) is 0 Å². The Balaban J connectivity index is 2.12. The second-order valence-corrected chi connectivity index (χ2v) is 5.27. The van der Waals surface area contributed by atoms with Crippen LogP contribution in [0.3, 0.4) is 0 Å². The molecule has 4 heteroatoms. The molecule has 2 rings (SSSR count). The maximum atomic E-state index is 5.78. The molecule has 0 aromatic heterocycles. The van der Waals surface area contributed by atoms with E-state index in [2.05, 4.69) is 19.9 Å². The standard InChI is InChI=1S/C15H23NO3/c1-11-8-16(9-12(2)19-11)10-13-7-14(17-3)5-6-15(13)18-4/h5-7,11-12H,8-10H2,1-4H3/p+1/t11-,12-/m1/s1. The minimum Gasteiger partial charge on any atom is -0.497 e. The molecule has 1 heterocycles. The van der Waals surface area contributed by atoms with E-state index < -0.39 is 0 Å². The van der Waals surface area contributed by atoms with Gasteiger partial charge in [-0.2, -0.15) is 0 Å². The normalized spacial score (nSPS) is 27.1. The summed E-state index contributed by atoms with van der Waals surface area (Å²) in [6.45, 7) is 7.28. The van der Waals surface area contributed by atoms with Crippen LogP contribution in [-0.2, 0) is 11.3 Å². The predicted octanol–water partition coefficient (Wildman–Crippen LogP) is 0.896. The number of hydrogen-bond acceptors (Lipinski definition) is 3. The summed E-state index contributed by atoms with van der Waals surface area (Å²) in [6, 6.07) is 5.97. The number of ether oxygens (including phenoxy) is 3. The second kappa shape index (κ2) is 6.26. The molecule has 1 N–H and O–H groups in total. The van der Waals surface area contributed by atoms with E-state index >= 15 is 0 Å². The number of rotatable bonds is 4. The molecule has 0 radical (unpaired) electrons. The summed E-state index contributed by atoms with van der Waals surface area (Å²) in [7, 11) is 3.41. The molecule has 1 fully saturated rings. The topological polar surface area (TPSA) is 32.1 Å². The minimum absolute atomic E-state index is 0.315. The fraction of sp³-hybridized carbons (Fsp3) is 0.600. The van der Waals surface area contributed by atoms with E-state index in [1.807, 2.05) is 12.1 Å². The molecule has 1 aliphatic rings. The molecule has 106 valence electrons. The van der Waals surface area contributed by atoms with Gasteiger partial charge in [-0.25, -0.2) is 0 Å². The highest BCUT2D eigenvalue weighted by molar-refractivity contribution is 5.39. The highest BCUT2D eigenvalue weighted by Crippen LogP contribution is 2.23. The fourth-order valence-electron chi connectivity index (χ4n) is 2.82. The van der Waals surface area contributed by atoms with Gasteiger partial charge in [0.15, 0.2) is 0 Å². The van der Waals surface area contributed by atoms with E-state index in [0.29, 0.717) is 12.2 Å². The smallest absolute Gasteiger partial charge is 0.127 e. The first kappa shape index (κ1) is 14.2. The molecule has 1 saturated heterocycles. The molecule has 0 bridgehead atoms. The van der Waals surface area contributed by atoms with Gasteiger partial charge in [-0.15, -0.1) is 0 Å². The van der Waals surface area contributed by atoms with Crippen LogP contribution < -0.4 is 14.4 Å². The van der Waals surface area contributed by atoms with Gasteiger partial charge in [0, 0.05) is 0 Å². The lowest BCUT2D eigenvalue weighted by atomic mass is 10.1. The van der Waals surface area contributed by atoms with Crippen LogP contribution in [-0.4, -0.2) is 39.5 Å². The molecular formula is C15H24NO3+. The van der Waals surface area contributed by atoms with Crippen LogP contribution in [0.5, 0.6) is 11.5 Å². The summed E-state index contributed by atoms with van der Waals surface area (Å²) in [5.74, 6) is 1.81. The Morgan fingerprint density at radius 3 is 2.42 bits per heavy atom. The minimum atomic E-state index is 0.315. The average molecular weight is 266 g/mol. The SMILES string of the molecule is COc1ccc(OC)c(C[NH+]2C[C@@H](C)O[C@H](C)C2)c1. The van der Waals surface area contributed by atoms with Gasteiger partial charge in [-0.1, -0.05) is 0 Å². The predicted molar refractivity (Wildman–Crippen MR) is 74.0 cm³/mol. The van der Waals surface area contributed by atoms with Crippen molar-refractivity contribution < 1.29 is 19.1 Å². The Kier molecular flexibility index (Phi) is 4.66. The summed E-state index contributed by atoms with van der Waals surface area (Å²) in [4.78, 5) is 1.53. The van der Waals surface area contributed by atoms with E-state index in [4.69, 9.17) is 14.2 Å². The molecule has 0 aliphatic carbocycles. The van der Waals surface area contributed by atoms with Crippen molar-refractivity contribution in [2.75, 3.05) is 27.3 Å². The van der Waals surface area contributed by atoms with Crippen LogP contribution in [0.15, 0.2) is 18.2 Å². The first-order chi connectivity index (χ1) is 9.12. The van der Waals surface area contributed by atoms with Crippen molar-refractivity contribution >= 4 is 0 Å². The van der Waals surface area contributed by atoms with Gasteiger partial charge in [0.25, 0.3) is 0 Å². The van der Waals surface area contributed by atoms with Crippen molar-refractivity contribution in [3.63, 3.8) is 0 Å². The number of quaternary nitrogens is 1. The molecule has 0 spiro atoms. The summed E-state index contributed by atoms with van der Waals surface area (Å²) >= 11 is 0. The lowest BCUT2D eigenvalue weighted by molar-refractivity contribution is -0.928. The van der Waals surface area contributed by atoms with Gasteiger partial charge in [0.2, 0.25) is 0 Å². The molecule has 1 aromatic rings. The Morgan fingerprint density at radius 2 is 1.84 bits per heavy atom. The molecule has 1 aliphatic heterocycles. The van der Waals surface area contributed by atoms with Gasteiger partial charge < -0.3 is 19.1 Å². The van der Waals surface area contributed by atoms with Crippen molar-refractivity contribution in [2.24, 2.45) is 0 Å². The highest BCUT2D eigenvalue weighted by atomic mass is 16.5. The highest BCUT2D eigenvalue weighted by Gasteiger charge is 2.26. The number of hydrogen-bond donors (Lipinski definition) is 1. The average Bonchev–Trinajstić information content (AvgIpc) is 2.37. The third-order valence-electron chi connectivity index (χ3n) is 3.54. The van der Waals surface area contributed by atoms with Crippen molar-refractivity contribution in [3.8, 4) is 11.5 Å². The molecule has 0 unspecified atom stereocenters. The van der Waals surface area contributed by atoms with E-state index in [-0.39, 0.29) is 0 Å². The summed E-state index contributed by atoms with van der Waals surface area (Å²) in [5, 5.41) is 0. The third-order valence-corrected chi connectivity index (χ3v) is 3.54.